The highest BCUT2D eigenvalue weighted by Crippen LogP contribution is 2.44. The maximum atomic E-state index is 14.0. The Bertz CT molecular complexity index is 511. The van der Waals surface area contributed by atoms with Crippen molar-refractivity contribution in [1.29, 1.82) is 5.26 Å². The lowest BCUT2D eigenvalue weighted by molar-refractivity contribution is -0.116. The van der Waals surface area contributed by atoms with Crippen LogP contribution < -0.4 is 0 Å². The monoisotopic (exact) mass is 247 g/mol. The number of nitriles is 1. The molecule has 2 aliphatic rings. The molecule has 0 saturated carbocycles. The molecule has 0 aliphatic carbocycles. The second kappa shape index (κ2) is 4.04. The quantitative estimate of drug-likeness (QED) is 0.828. The fourth-order valence-electron chi connectivity index (χ4n) is 3.10. The Hall–Kier alpha value is -1.44. The van der Waals surface area contributed by atoms with Crippen LogP contribution in [0.2, 0.25) is 0 Å². The fourth-order valence-corrected chi connectivity index (χ4v) is 3.10. The Labute approximate surface area is 105 Å². The van der Waals surface area contributed by atoms with Gasteiger partial charge in [-0.05, 0) is 25.0 Å². The van der Waals surface area contributed by atoms with E-state index in [4.69, 9.17) is 10.00 Å². The SMILES string of the molecule is N#Cc1ccc(C2(O)CC3CCC(C2)O3)c(F)c1. The summed E-state index contributed by atoms with van der Waals surface area (Å²) in [5.41, 5.74) is -0.584. The molecule has 0 spiro atoms. The van der Waals surface area contributed by atoms with Crippen LogP contribution in [0.25, 0.3) is 0 Å². The van der Waals surface area contributed by atoms with Gasteiger partial charge in [0.05, 0.1) is 29.4 Å². The number of aliphatic hydroxyl groups is 1. The Morgan fingerprint density at radius 2 is 2.00 bits per heavy atom. The molecule has 2 heterocycles. The lowest BCUT2D eigenvalue weighted by Gasteiger charge is -2.37. The molecule has 3 nitrogen and oxygen atoms in total. The molecule has 2 unspecified atom stereocenters. The first kappa shape index (κ1) is 11.6. The highest BCUT2D eigenvalue weighted by molar-refractivity contribution is 5.36. The van der Waals surface area contributed by atoms with Crippen LogP contribution in [-0.2, 0) is 10.3 Å². The maximum Gasteiger partial charge on any atom is 0.130 e. The highest BCUT2D eigenvalue weighted by Gasteiger charge is 2.45. The van der Waals surface area contributed by atoms with E-state index in [-0.39, 0.29) is 17.8 Å². The molecule has 2 aliphatic heterocycles. The smallest absolute Gasteiger partial charge is 0.130 e. The molecule has 1 N–H and O–H groups in total. The van der Waals surface area contributed by atoms with Crippen molar-refractivity contribution in [2.45, 2.75) is 43.5 Å². The molecule has 18 heavy (non-hydrogen) atoms. The topological polar surface area (TPSA) is 53.2 Å². The molecular weight excluding hydrogens is 233 g/mol. The van der Waals surface area contributed by atoms with E-state index in [1.165, 1.54) is 12.1 Å². The van der Waals surface area contributed by atoms with Crippen LogP contribution in [0.5, 0.6) is 0 Å². The maximum absolute atomic E-state index is 14.0. The predicted molar refractivity (Wildman–Crippen MR) is 62.1 cm³/mol. The summed E-state index contributed by atoms with van der Waals surface area (Å²) in [7, 11) is 0. The van der Waals surface area contributed by atoms with Gasteiger partial charge in [0.2, 0.25) is 0 Å². The second-order valence-corrected chi connectivity index (χ2v) is 5.20. The van der Waals surface area contributed by atoms with Crippen LogP contribution >= 0.6 is 0 Å². The number of fused-ring (bicyclic) bond motifs is 2. The standard InChI is InChI=1S/C14H14FNO2/c15-13-5-9(8-16)1-4-12(13)14(17)6-10-2-3-11(7-14)18-10/h1,4-5,10-11,17H,2-3,6-7H2. The number of hydrogen-bond donors (Lipinski definition) is 1. The molecule has 0 amide bonds. The van der Waals surface area contributed by atoms with Gasteiger partial charge in [-0.3, -0.25) is 0 Å². The summed E-state index contributed by atoms with van der Waals surface area (Å²) >= 11 is 0. The minimum absolute atomic E-state index is 0.0313. The second-order valence-electron chi connectivity index (χ2n) is 5.20. The van der Waals surface area contributed by atoms with Crippen molar-refractivity contribution in [3.8, 4) is 6.07 Å². The summed E-state index contributed by atoms with van der Waals surface area (Å²) < 4.78 is 19.7. The molecule has 1 aromatic rings. The molecule has 3 rings (SSSR count). The minimum Gasteiger partial charge on any atom is -0.385 e. The van der Waals surface area contributed by atoms with Crippen LogP contribution in [-0.4, -0.2) is 17.3 Å². The van der Waals surface area contributed by atoms with E-state index >= 15 is 0 Å². The Balaban J connectivity index is 1.97. The molecule has 2 saturated heterocycles. The van der Waals surface area contributed by atoms with E-state index in [1.807, 2.05) is 6.07 Å². The molecule has 4 heteroatoms. The molecule has 0 radical (unpaired) electrons. The third kappa shape index (κ3) is 1.80. The first-order valence-electron chi connectivity index (χ1n) is 6.19. The van der Waals surface area contributed by atoms with Gasteiger partial charge in [-0.25, -0.2) is 4.39 Å². The number of ether oxygens (including phenoxy) is 1. The van der Waals surface area contributed by atoms with Crippen LogP contribution in [0.4, 0.5) is 4.39 Å². The van der Waals surface area contributed by atoms with Gasteiger partial charge >= 0.3 is 0 Å². The van der Waals surface area contributed by atoms with Crippen LogP contribution in [0, 0.1) is 17.1 Å². The summed E-state index contributed by atoms with van der Waals surface area (Å²) in [5, 5.41) is 19.4. The van der Waals surface area contributed by atoms with Gasteiger partial charge in [-0.1, -0.05) is 6.07 Å². The summed E-state index contributed by atoms with van der Waals surface area (Å²) in [6.45, 7) is 0. The van der Waals surface area contributed by atoms with E-state index in [0.29, 0.717) is 18.4 Å². The fraction of sp³-hybridized carbons (Fsp3) is 0.500. The third-order valence-electron chi connectivity index (χ3n) is 3.93. The van der Waals surface area contributed by atoms with E-state index < -0.39 is 11.4 Å². The van der Waals surface area contributed by atoms with E-state index in [0.717, 1.165) is 12.8 Å². The van der Waals surface area contributed by atoms with Gasteiger partial charge in [0, 0.05) is 18.4 Å². The number of halogens is 1. The van der Waals surface area contributed by atoms with Gasteiger partial charge in [0.1, 0.15) is 5.82 Å². The van der Waals surface area contributed by atoms with Gasteiger partial charge in [0.25, 0.3) is 0 Å². The summed E-state index contributed by atoms with van der Waals surface area (Å²) in [6.07, 6.45) is 2.81. The lowest BCUT2D eigenvalue weighted by Crippen LogP contribution is -2.39. The molecule has 2 bridgehead atoms. The average molecular weight is 247 g/mol. The van der Waals surface area contributed by atoms with Crippen molar-refractivity contribution in [2.75, 3.05) is 0 Å². The summed E-state index contributed by atoms with van der Waals surface area (Å²) in [5.74, 6) is -0.502. The van der Waals surface area contributed by atoms with Crippen molar-refractivity contribution < 1.29 is 14.2 Å². The van der Waals surface area contributed by atoms with Crippen molar-refractivity contribution in [3.05, 3.63) is 35.1 Å². The van der Waals surface area contributed by atoms with Crippen LogP contribution in [0.15, 0.2) is 18.2 Å². The van der Waals surface area contributed by atoms with Crippen LogP contribution in [0.3, 0.4) is 0 Å². The third-order valence-corrected chi connectivity index (χ3v) is 3.93. The Morgan fingerprint density at radius 1 is 1.33 bits per heavy atom. The van der Waals surface area contributed by atoms with E-state index in [1.54, 1.807) is 6.07 Å². The molecular formula is C14H14FNO2. The predicted octanol–water partition coefficient (Wildman–Crippen LogP) is 2.23. The van der Waals surface area contributed by atoms with E-state index in [2.05, 4.69) is 0 Å². The number of hydrogen-bond acceptors (Lipinski definition) is 3. The first-order chi connectivity index (χ1) is 8.60. The molecule has 2 fully saturated rings. The molecule has 94 valence electrons. The Morgan fingerprint density at radius 3 is 2.56 bits per heavy atom. The molecule has 0 aromatic heterocycles. The summed E-state index contributed by atoms with van der Waals surface area (Å²) in [4.78, 5) is 0. The van der Waals surface area contributed by atoms with Gasteiger partial charge in [-0.15, -0.1) is 0 Å². The highest BCUT2D eigenvalue weighted by atomic mass is 19.1. The lowest BCUT2D eigenvalue weighted by atomic mass is 9.83. The van der Waals surface area contributed by atoms with Crippen molar-refractivity contribution in [1.82, 2.24) is 0 Å². The average Bonchev–Trinajstić information content (AvgIpc) is 2.68. The zero-order valence-corrected chi connectivity index (χ0v) is 9.90. The number of benzene rings is 1. The number of nitrogens with zero attached hydrogens (tertiary/aromatic N) is 1. The summed E-state index contributed by atoms with van der Waals surface area (Å²) in [6, 6.07) is 6.16. The zero-order chi connectivity index (χ0) is 12.8. The minimum atomic E-state index is -1.15. The first-order valence-corrected chi connectivity index (χ1v) is 6.19. The molecule has 2 atom stereocenters. The molecule has 1 aromatic carbocycles. The van der Waals surface area contributed by atoms with Crippen LogP contribution in [0.1, 0.15) is 36.8 Å². The van der Waals surface area contributed by atoms with Crippen molar-refractivity contribution >= 4 is 0 Å². The van der Waals surface area contributed by atoms with Gasteiger partial charge in [0.15, 0.2) is 0 Å². The van der Waals surface area contributed by atoms with Gasteiger partial charge < -0.3 is 9.84 Å². The van der Waals surface area contributed by atoms with Crippen molar-refractivity contribution in [3.63, 3.8) is 0 Å². The van der Waals surface area contributed by atoms with E-state index in [9.17, 15) is 9.50 Å². The number of rotatable bonds is 1. The zero-order valence-electron chi connectivity index (χ0n) is 9.90. The van der Waals surface area contributed by atoms with Crippen molar-refractivity contribution in [2.24, 2.45) is 0 Å². The largest absolute Gasteiger partial charge is 0.385 e. The normalized spacial score (nSPS) is 34.3. The van der Waals surface area contributed by atoms with Gasteiger partial charge in [-0.2, -0.15) is 5.26 Å². The Kier molecular flexibility index (Phi) is 2.61.